The Hall–Kier alpha value is -0.243. The van der Waals surface area contributed by atoms with E-state index in [9.17, 15) is 0 Å². The summed E-state index contributed by atoms with van der Waals surface area (Å²) in [4.78, 5) is 0. The van der Waals surface area contributed by atoms with E-state index in [1.807, 2.05) is 0 Å². The summed E-state index contributed by atoms with van der Waals surface area (Å²) in [6.07, 6.45) is 0. The van der Waals surface area contributed by atoms with Crippen LogP contribution in [0.15, 0.2) is 10.9 Å². The Kier molecular flexibility index (Phi) is 2.49. The van der Waals surface area contributed by atoms with Gasteiger partial charge in [-0.15, -0.1) is 0 Å². The average molecular weight is 143 g/mol. The second kappa shape index (κ2) is 2.56. The lowest BCUT2D eigenvalue weighted by Crippen LogP contribution is -2.30. The van der Waals surface area contributed by atoms with Crippen molar-refractivity contribution in [1.29, 1.82) is 0 Å². The molecule has 0 aromatic heterocycles. The molecule has 9 heavy (non-hydrogen) atoms. The van der Waals surface area contributed by atoms with Crippen LogP contribution in [-0.4, -0.2) is 8.07 Å². The standard InChI is InChI=1S/C7H17NSi/c1-6(2)7(8)9(3,4)5/h8H2,1-5H3. The van der Waals surface area contributed by atoms with E-state index in [-0.39, 0.29) is 0 Å². The molecule has 0 heterocycles. The summed E-state index contributed by atoms with van der Waals surface area (Å²) in [7, 11) is -1.17. The number of rotatable bonds is 1. The quantitative estimate of drug-likeness (QED) is 0.559. The topological polar surface area (TPSA) is 26.0 Å². The molecule has 0 bridgehead atoms. The molecular weight excluding hydrogens is 126 g/mol. The zero-order valence-corrected chi connectivity index (χ0v) is 8.08. The van der Waals surface area contributed by atoms with Crippen molar-refractivity contribution in [2.45, 2.75) is 33.5 Å². The normalized spacial score (nSPS) is 11.2. The Morgan fingerprint density at radius 3 is 1.44 bits per heavy atom. The second-order valence-corrected chi connectivity index (χ2v) is 8.70. The third-order valence-electron chi connectivity index (χ3n) is 1.35. The minimum absolute atomic E-state index is 1.14. The van der Waals surface area contributed by atoms with Crippen molar-refractivity contribution in [3.63, 3.8) is 0 Å². The van der Waals surface area contributed by atoms with Crippen LogP contribution in [0.2, 0.25) is 19.6 Å². The van der Waals surface area contributed by atoms with Gasteiger partial charge in [0.1, 0.15) is 0 Å². The van der Waals surface area contributed by atoms with Crippen molar-refractivity contribution < 1.29 is 0 Å². The maximum atomic E-state index is 5.83. The first-order valence-electron chi connectivity index (χ1n) is 3.29. The predicted octanol–water partition coefficient (Wildman–Crippen LogP) is 2.12. The second-order valence-electron chi connectivity index (χ2n) is 3.66. The summed E-state index contributed by atoms with van der Waals surface area (Å²) < 4.78 is 0. The lowest BCUT2D eigenvalue weighted by atomic mass is 10.4. The van der Waals surface area contributed by atoms with Crippen molar-refractivity contribution in [1.82, 2.24) is 0 Å². The fourth-order valence-electron chi connectivity index (χ4n) is 0.750. The highest BCUT2D eigenvalue weighted by Gasteiger charge is 2.16. The van der Waals surface area contributed by atoms with Gasteiger partial charge >= 0.3 is 0 Å². The van der Waals surface area contributed by atoms with Crippen LogP contribution in [0, 0.1) is 0 Å². The summed E-state index contributed by atoms with van der Waals surface area (Å²) in [5.41, 5.74) is 7.12. The summed E-state index contributed by atoms with van der Waals surface area (Å²) >= 11 is 0. The largest absolute Gasteiger partial charge is 0.406 e. The monoisotopic (exact) mass is 143 g/mol. The van der Waals surface area contributed by atoms with Crippen LogP contribution in [-0.2, 0) is 0 Å². The number of hydrogen-bond acceptors (Lipinski definition) is 1. The van der Waals surface area contributed by atoms with E-state index >= 15 is 0 Å². The fourth-order valence-corrected chi connectivity index (χ4v) is 2.25. The summed E-state index contributed by atoms with van der Waals surface area (Å²) in [5, 5.41) is 1.14. The smallest absolute Gasteiger partial charge is 0.0973 e. The van der Waals surface area contributed by atoms with Crippen molar-refractivity contribution >= 4 is 8.07 Å². The number of allylic oxidation sites excluding steroid dienone is 1. The molecule has 0 aliphatic rings. The van der Waals surface area contributed by atoms with Gasteiger partial charge in [-0.2, -0.15) is 0 Å². The minimum Gasteiger partial charge on any atom is -0.406 e. The molecule has 2 N–H and O–H groups in total. The highest BCUT2D eigenvalue weighted by atomic mass is 28.3. The molecular formula is C7H17NSi. The van der Waals surface area contributed by atoms with Crippen LogP contribution in [0.25, 0.3) is 0 Å². The van der Waals surface area contributed by atoms with Gasteiger partial charge in [0.15, 0.2) is 0 Å². The van der Waals surface area contributed by atoms with E-state index < -0.39 is 8.07 Å². The maximum absolute atomic E-state index is 5.83. The molecule has 2 heteroatoms. The van der Waals surface area contributed by atoms with Crippen LogP contribution >= 0.6 is 0 Å². The van der Waals surface area contributed by atoms with Crippen LogP contribution in [0.4, 0.5) is 0 Å². The Balaban J connectivity index is 4.40. The lowest BCUT2D eigenvalue weighted by molar-refractivity contribution is 1.27. The van der Waals surface area contributed by atoms with Gasteiger partial charge in [0.2, 0.25) is 0 Å². The predicted molar refractivity (Wildman–Crippen MR) is 45.9 cm³/mol. The third kappa shape index (κ3) is 2.70. The SMILES string of the molecule is CC(C)=C(N)[Si](C)(C)C. The number of nitrogens with two attached hydrogens (primary N) is 1. The molecule has 0 aliphatic carbocycles. The van der Waals surface area contributed by atoms with Crippen LogP contribution in [0.1, 0.15) is 13.8 Å². The molecule has 0 radical (unpaired) electrons. The van der Waals surface area contributed by atoms with Crippen molar-refractivity contribution in [2.24, 2.45) is 5.73 Å². The van der Waals surface area contributed by atoms with Gasteiger partial charge in [0, 0.05) is 0 Å². The molecule has 0 saturated heterocycles. The molecule has 0 rings (SSSR count). The molecule has 0 aromatic rings. The van der Waals surface area contributed by atoms with Gasteiger partial charge in [0.05, 0.1) is 8.07 Å². The molecule has 0 fully saturated rings. The highest BCUT2D eigenvalue weighted by molar-refractivity contribution is 6.82. The van der Waals surface area contributed by atoms with Crippen LogP contribution in [0.5, 0.6) is 0 Å². The van der Waals surface area contributed by atoms with Gasteiger partial charge in [-0.3, -0.25) is 0 Å². The van der Waals surface area contributed by atoms with Gasteiger partial charge in [0.25, 0.3) is 0 Å². The zero-order valence-electron chi connectivity index (χ0n) is 7.08. The Labute approximate surface area is 59.0 Å². The first-order chi connectivity index (χ1) is 3.85. The first kappa shape index (κ1) is 8.76. The van der Waals surface area contributed by atoms with E-state index in [0.717, 1.165) is 5.32 Å². The van der Waals surface area contributed by atoms with Crippen molar-refractivity contribution in [3.8, 4) is 0 Å². The van der Waals surface area contributed by atoms with E-state index in [2.05, 4.69) is 33.5 Å². The molecule has 54 valence electrons. The Morgan fingerprint density at radius 1 is 1.11 bits per heavy atom. The van der Waals surface area contributed by atoms with Crippen molar-refractivity contribution in [2.75, 3.05) is 0 Å². The molecule has 0 saturated carbocycles. The molecule has 0 unspecified atom stereocenters. The molecule has 0 atom stereocenters. The molecule has 0 aliphatic heterocycles. The van der Waals surface area contributed by atoms with Gasteiger partial charge in [-0.1, -0.05) is 25.2 Å². The molecule has 1 nitrogen and oxygen atoms in total. The van der Waals surface area contributed by atoms with E-state index in [1.165, 1.54) is 5.57 Å². The van der Waals surface area contributed by atoms with E-state index in [1.54, 1.807) is 0 Å². The van der Waals surface area contributed by atoms with Gasteiger partial charge in [-0.05, 0) is 19.2 Å². The Morgan fingerprint density at radius 2 is 1.44 bits per heavy atom. The lowest BCUT2D eigenvalue weighted by Gasteiger charge is -2.17. The van der Waals surface area contributed by atoms with E-state index in [4.69, 9.17) is 5.73 Å². The molecule has 0 spiro atoms. The highest BCUT2D eigenvalue weighted by Crippen LogP contribution is 2.11. The molecule has 0 amide bonds. The average Bonchev–Trinajstić information content (AvgIpc) is 1.62. The van der Waals surface area contributed by atoms with E-state index in [0.29, 0.717) is 0 Å². The summed E-state index contributed by atoms with van der Waals surface area (Å²) in [6.45, 7) is 10.9. The summed E-state index contributed by atoms with van der Waals surface area (Å²) in [5.74, 6) is 0. The third-order valence-corrected chi connectivity index (χ3v) is 3.46. The van der Waals surface area contributed by atoms with Crippen molar-refractivity contribution in [3.05, 3.63) is 10.9 Å². The first-order valence-corrected chi connectivity index (χ1v) is 6.79. The minimum atomic E-state index is -1.17. The number of hydrogen-bond donors (Lipinski definition) is 1. The maximum Gasteiger partial charge on any atom is 0.0973 e. The van der Waals surface area contributed by atoms with Gasteiger partial charge in [-0.25, -0.2) is 0 Å². The van der Waals surface area contributed by atoms with Crippen LogP contribution in [0.3, 0.4) is 0 Å². The van der Waals surface area contributed by atoms with Gasteiger partial charge < -0.3 is 5.73 Å². The fraction of sp³-hybridized carbons (Fsp3) is 0.714. The summed E-state index contributed by atoms with van der Waals surface area (Å²) in [6, 6.07) is 0. The Bertz CT molecular complexity index is 126. The zero-order chi connectivity index (χ0) is 7.65. The van der Waals surface area contributed by atoms with Crippen LogP contribution < -0.4 is 5.73 Å². The molecule has 0 aromatic carbocycles.